The molecule has 1 atom stereocenters. The molecule has 19 heavy (non-hydrogen) atoms. The van der Waals surface area contributed by atoms with Crippen molar-refractivity contribution in [3.63, 3.8) is 0 Å². The van der Waals surface area contributed by atoms with Crippen LogP contribution in [0.4, 0.5) is 18.9 Å². The van der Waals surface area contributed by atoms with Gasteiger partial charge in [-0.3, -0.25) is 0 Å². The van der Waals surface area contributed by atoms with Crippen molar-refractivity contribution in [1.29, 1.82) is 0 Å². The van der Waals surface area contributed by atoms with Gasteiger partial charge in [-0.05, 0) is 20.8 Å². The molecule has 0 amide bonds. The van der Waals surface area contributed by atoms with E-state index in [1.807, 2.05) is 20.8 Å². The van der Waals surface area contributed by atoms with E-state index in [-0.39, 0.29) is 13.2 Å². The number of benzene rings is 1. The summed E-state index contributed by atoms with van der Waals surface area (Å²) < 4.78 is 44.6. The summed E-state index contributed by atoms with van der Waals surface area (Å²) in [5, 5.41) is 12.0. The molecule has 3 nitrogen and oxygen atoms in total. The molecule has 0 aliphatic heterocycles. The van der Waals surface area contributed by atoms with Crippen LogP contribution in [-0.4, -0.2) is 30.0 Å². The molecule has 108 valence electrons. The average Bonchev–Trinajstić information content (AvgIpc) is 2.23. The maximum Gasteiger partial charge on any atom is 0.152 e. The molecule has 1 aromatic rings. The molecule has 6 heteroatoms. The summed E-state index contributed by atoms with van der Waals surface area (Å²) in [6.45, 7) is 5.40. The first-order chi connectivity index (χ1) is 8.69. The van der Waals surface area contributed by atoms with Gasteiger partial charge in [-0.1, -0.05) is 0 Å². The lowest BCUT2D eigenvalue weighted by Gasteiger charge is -2.22. The highest BCUT2D eigenvalue weighted by molar-refractivity contribution is 5.46. The monoisotopic (exact) mass is 277 g/mol. The summed E-state index contributed by atoms with van der Waals surface area (Å²) in [6.07, 6.45) is -0.928. The number of aliphatic hydroxyl groups excluding tert-OH is 1. The fourth-order valence-electron chi connectivity index (χ4n) is 1.34. The third kappa shape index (κ3) is 5.48. The van der Waals surface area contributed by atoms with Crippen molar-refractivity contribution >= 4 is 5.69 Å². The van der Waals surface area contributed by atoms with E-state index < -0.39 is 34.8 Å². The van der Waals surface area contributed by atoms with Gasteiger partial charge in [0.25, 0.3) is 0 Å². The van der Waals surface area contributed by atoms with E-state index in [0.717, 1.165) is 0 Å². The zero-order chi connectivity index (χ0) is 14.6. The quantitative estimate of drug-likeness (QED) is 0.869. The Morgan fingerprint density at radius 3 is 2.21 bits per heavy atom. The fourth-order valence-corrected chi connectivity index (χ4v) is 1.34. The Morgan fingerprint density at radius 2 is 1.74 bits per heavy atom. The predicted octanol–water partition coefficient (Wildman–Crippen LogP) is 2.69. The Bertz CT molecular complexity index is 409. The maximum absolute atomic E-state index is 13.3. The molecule has 0 aromatic heterocycles. The molecule has 0 saturated carbocycles. The van der Waals surface area contributed by atoms with Crippen LogP contribution in [0.5, 0.6) is 0 Å². The van der Waals surface area contributed by atoms with Crippen LogP contribution in [-0.2, 0) is 4.74 Å². The first-order valence-electron chi connectivity index (χ1n) is 5.89. The van der Waals surface area contributed by atoms with E-state index in [1.165, 1.54) is 0 Å². The topological polar surface area (TPSA) is 41.5 Å². The van der Waals surface area contributed by atoms with Crippen molar-refractivity contribution < 1.29 is 23.0 Å². The normalized spacial score (nSPS) is 13.4. The Hall–Kier alpha value is -1.27. The third-order valence-electron chi connectivity index (χ3n) is 2.23. The maximum atomic E-state index is 13.3. The van der Waals surface area contributed by atoms with Gasteiger partial charge in [0.15, 0.2) is 11.6 Å². The number of hydrogen-bond acceptors (Lipinski definition) is 3. The Kier molecular flexibility index (Phi) is 5.20. The van der Waals surface area contributed by atoms with Gasteiger partial charge in [-0.15, -0.1) is 0 Å². The van der Waals surface area contributed by atoms with Crippen molar-refractivity contribution in [3.05, 3.63) is 29.6 Å². The van der Waals surface area contributed by atoms with E-state index in [4.69, 9.17) is 4.74 Å². The molecule has 1 rings (SSSR count). The highest BCUT2D eigenvalue weighted by atomic mass is 19.1. The second-order valence-electron chi connectivity index (χ2n) is 5.20. The molecule has 0 bridgehead atoms. The molecule has 1 unspecified atom stereocenters. The number of anilines is 1. The highest BCUT2D eigenvalue weighted by Gasteiger charge is 2.16. The number of aliphatic hydroxyl groups is 1. The van der Waals surface area contributed by atoms with Crippen LogP contribution in [0.3, 0.4) is 0 Å². The summed E-state index contributed by atoms with van der Waals surface area (Å²) in [5.41, 5.74) is -0.871. The van der Waals surface area contributed by atoms with Crippen molar-refractivity contribution in [2.75, 3.05) is 18.5 Å². The first kappa shape index (κ1) is 15.8. The lowest BCUT2D eigenvalue weighted by Crippen LogP contribution is -2.30. The molecular formula is C13H18F3NO2. The van der Waals surface area contributed by atoms with E-state index in [2.05, 4.69) is 5.32 Å². The van der Waals surface area contributed by atoms with Gasteiger partial charge in [-0.2, -0.15) is 0 Å². The smallest absolute Gasteiger partial charge is 0.152 e. The van der Waals surface area contributed by atoms with Gasteiger partial charge in [0.1, 0.15) is 11.5 Å². The van der Waals surface area contributed by atoms with E-state index in [9.17, 15) is 18.3 Å². The predicted molar refractivity (Wildman–Crippen MR) is 66.5 cm³/mol. The highest BCUT2D eigenvalue weighted by Crippen LogP contribution is 2.20. The number of nitrogens with one attached hydrogen (secondary N) is 1. The number of hydrogen-bond donors (Lipinski definition) is 2. The minimum Gasteiger partial charge on any atom is -0.389 e. The minimum absolute atomic E-state index is 0.0287. The van der Waals surface area contributed by atoms with Crippen LogP contribution in [0.25, 0.3) is 0 Å². The van der Waals surface area contributed by atoms with Gasteiger partial charge < -0.3 is 15.2 Å². The summed E-state index contributed by atoms with van der Waals surface area (Å²) in [4.78, 5) is 0. The Balaban J connectivity index is 2.53. The van der Waals surface area contributed by atoms with Crippen molar-refractivity contribution in [3.8, 4) is 0 Å². The third-order valence-corrected chi connectivity index (χ3v) is 2.23. The van der Waals surface area contributed by atoms with E-state index in [0.29, 0.717) is 12.1 Å². The molecule has 2 N–H and O–H groups in total. The van der Waals surface area contributed by atoms with Crippen molar-refractivity contribution in [2.24, 2.45) is 0 Å². The molecule has 1 aromatic carbocycles. The molecule has 0 fully saturated rings. The van der Waals surface area contributed by atoms with Crippen LogP contribution in [0.2, 0.25) is 0 Å². The van der Waals surface area contributed by atoms with Crippen LogP contribution < -0.4 is 5.32 Å². The molecule has 0 aliphatic rings. The lowest BCUT2D eigenvalue weighted by atomic mass is 10.2. The van der Waals surface area contributed by atoms with E-state index in [1.54, 1.807) is 0 Å². The second-order valence-corrected chi connectivity index (χ2v) is 5.20. The summed E-state index contributed by atoms with van der Waals surface area (Å²) >= 11 is 0. The van der Waals surface area contributed by atoms with Gasteiger partial charge in [0.05, 0.1) is 18.3 Å². The van der Waals surface area contributed by atoms with Gasteiger partial charge >= 0.3 is 0 Å². The molecular weight excluding hydrogens is 259 g/mol. The van der Waals surface area contributed by atoms with Gasteiger partial charge in [0.2, 0.25) is 0 Å². The Labute approximate surface area is 110 Å². The largest absolute Gasteiger partial charge is 0.389 e. The Morgan fingerprint density at radius 1 is 1.21 bits per heavy atom. The standard InChI is InChI=1S/C13H18F3NO2/c1-13(2,3)19-7-9(18)6-17-12-10(15)4-8(14)5-11(12)16/h4-5,9,17-18H,6-7H2,1-3H3. The van der Waals surface area contributed by atoms with Gasteiger partial charge in [-0.25, -0.2) is 13.2 Å². The number of rotatable bonds is 5. The molecule has 0 aliphatic carbocycles. The summed E-state index contributed by atoms with van der Waals surface area (Å²) in [5.74, 6) is -3.07. The second kappa shape index (κ2) is 6.25. The SMILES string of the molecule is CC(C)(C)OCC(O)CNc1c(F)cc(F)cc1F. The van der Waals surface area contributed by atoms with Crippen LogP contribution in [0, 0.1) is 17.5 Å². The summed E-state index contributed by atoms with van der Waals surface area (Å²) in [7, 11) is 0. The number of ether oxygens (including phenoxy) is 1. The van der Waals surface area contributed by atoms with Crippen molar-refractivity contribution in [1.82, 2.24) is 0 Å². The average molecular weight is 277 g/mol. The fraction of sp³-hybridized carbons (Fsp3) is 0.538. The van der Waals surface area contributed by atoms with Gasteiger partial charge in [0, 0.05) is 18.7 Å². The van der Waals surface area contributed by atoms with Crippen LogP contribution in [0.1, 0.15) is 20.8 Å². The van der Waals surface area contributed by atoms with E-state index >= 15 is 0 Å². The molecule has 0 saturated heterocycles. The minimum atomic E-state index is -1.04. The first-order valence-corrected chi connectivity index (χ1v) is 5.89. The summed E-state index contributed by atoms with van der Waals surface area (Å²) in [6, 6.07) is 1.15. The number of halogens is 3. The van der Waals surface area contributed by atoms with Crippen molar-refractivity contribution in [2.45, 2.75) is 32.5 Å². The van der Waals surface area contributed by atoms with Crippen LogP contribution >= 0.6 is 0 Å². The lowest BCUT2D eigenvalue weighted by molar-refractivity contribution is -0.0450. The molecule has 0 heterocycles. The van der Waals surface area contributed by atoms with Crippen LogP contribution in [0.15, 0.2) is 12.1 Å². The zero-order valence-corrected chi connectivity index (χ0v) is 11.1. The molecule has 0 radical (unpaired) electrons. The molecule has 0 spiro atoms. The zero-order valence-electron chi connectivity index (χ0n) is 11.1.